The SMILES string of the molecule is CC(=O)c1ccc(OCC(=O)O)c(NC(=O)c2ccc(OCCCCc3ccccc3)cc2)c1. The van der Waals surface area contributed by atoms with Gasteiger partial charge in [-0.15, -0.1) is 0 Å². The second-order valence-corrected chi connectivity index (χ2v) is 7.72. The Morgan fingerprint density at radius 1 is 0.853 bits per heavy atom. The molecule has 0 atom stereocenters. The summed E-state index contributed by atoms with van der Waals surface area (Å²) >= 11 is 0. The molecule has 0 radical (unpaired) electrons. The predicted octanol–water partition coefficient (Wildman–Crippen LogP) is 5.01. The summed E-state index contributed by atoms with van der Waals surface area (Å²) in [4.78, 5) is 35.3. The third-order valence-corrected chi connectivity index (χ3v) is 5.07. The molecule has 0 saturated carbocycles. The van der Waals surface area contributed by atoms with Crippen molar-refractivity contribution in [1.82, 2.24) is 0 Å². The van der Waals surface area contributed by atoms with E-state index in [-0.39, 0.29) is 17.2 Å². The zero-order valence-corrected chi connectivity index (χ0v) is 19.0. The van der Waals surface area contributed by atoms with Crippen LogP contribution in [0.5, 0.6) is 11.5 Å². The van der Waals surface area contributed by atoms with E-state index in [1.54, 1.807) is 24.3 Å². The molecule has 7 heteroatoms. The molecule has 0 spiro atoms. The largest absolute Gasteiger partial charge is 0.494 e. The van der Waals surface area contributed by atoms with Crippen LogP contribution in [0.3, 0.4) is 0 Å². The monoisotopic (exact) mass is 461 g/mol. The molecular weight excluding hydrogens is 434 g/mol. The standard InChI is InChI=1S/C27H27NO6/c1-19(29)22-12-15-25(34-18-26(30)31)24(17-22)28-27(32)21-10-13-23(14-11-21)33-16-6-5-9-20-7-3-2-4-8-20/h2-4,7-8,10-15,17H,5-6,9,16,18H2,1H3,(H,28,32)(H,30,31). The number of nitrogens with one attached hydrogen (secondary N) is 1. The van der Waals surface area contributed by atoms with Gasteiger partial charge in [-0.1, -0.05) is 30.3 Å². The fourth-order valence-corrected chi connectivity index (χ4v) is 3.27. The number of unbranched alkanes of at least 4 members (excludes halogenated alkanes) is 1. The van der Waals surface area contributed by atoms with Crippen molar-refractivity contribution in [2.45, 2.75) is 26.2 Å². The number of hydrogen-bond donors (Lipinski definition) is 2. The summed E-state index contributed by atoms with van der Waals surface area (Å²) in [6.45, 7) is 1.42. The highest BCUT2D eigenvalue weighted by Crippen LogP contribution is 2.27. The Hall–Kier alpha value is -4.13. The van der Waals surface area contributed by atoms with Crippen LogP contribution >= 0.6 is 0 Å². The van der Waals surface area contributed by atoms with E-state index < -0.39 is 18.5 Å². The Morgan fingerprint density at radius 3 is 2.24 bits per heavy atom. The van der Waals surface area contributed by atoms with Gasteiger partial charge in [-0.2, -0.15) is 0 Å². The molecule has 0 saturated heterocycles. The second kappa shape index (κ2) is 12.2. The quantitative estimate of drug-likeness (QED) is 0.291. The van der Waals surface area contributed by atoms with Crippen molar-refractivity contribution in [3.63, 3.8) is 0 Å². The van der Waals surface area contributed by atoms with Crippen LogP contribution in [0.2, 0.25) is 0 Å². The van der Waals surface area contributed by atoms with Crippen LogP contribution in [0.25, 0.3) is 0 Å². The van der Waals surface area contributed by atoms with Gasteiger partial charge in [0.25, 0.3) is 5.91 Å². The maximum Gasteiger partial charge on any atom is 0.341 e. The van der Waals surface area contributed by atoms with Crippen molar-refractivity contribution in [3.05, 3.63) is 89.5 Å². The van der Waals surface area contributed by atoms with Crippen molar-refractivity contribution in [2.24, 2.45) is 0 Å². The number of aryl methyl sites for hydroxylation is 1. The van der Waals surface area contributed by atoms with E-state index in [4.69, 9.17) is 14.6 Å². The van der Waals surface area contributed by atoms with Crippen molar-refractivity contribution in [1.29, 1.82) is 0 Å². The molecule has 0 aliphatic carbocycles. The number of hydrogen-bond acceptors (Lipinski definition) is 5. The van der Waals surface area contributed by atoms with Crippen molar-refractivity contribution < 1.29 is 29.0 Å². The van der Waals surface area contributed by atoms with E-state index in [2.05, 4.69) is 17.4 Å². The number of carboxylic acids is 1. The first kappa shape index (κ1) is 24.5. The number of amides is 1. The highest BCUT2D eigenvalue weighted by atomic mass is 16.5. The second-order valence-electron chi connectivity index (χ2n) is 7.72. The summed E-state index contributed by atoms with van der Waals surface area (Å²) in [5.74, 6) is -0.930. The molecule has 2 N–H and O–H groups in total. The number of carboxylic acid groups (broad SMARTS) is 1. The molecule has 0 aromatic heterocycles. The Kier molecular flexibility index (Phi) is 8.80. The van der Waals surface area contributed by atoms with Crippen LogP contribution in [-0.2, 0) is 11.2 Å². The highest BCUT2D eigenvalue weighted by Gasteiger charge is 2.14. The Labute approximate surface area is 198 Å². The van der Waals surface area contributed by atoms with Crippen molar-refractivity contribution in [3.8, 4) is 11.5 Å². The minimum absolute atomic E-state index is 0.163. The number of aliphatic carboxylic acids is 1. The van der Waals surface area contributed by atoms with Gasteiger partial charge < -0.3 is 19.9 Å². The molecule has 34 heavy (non-hydrogen) atoms. The van der Waals surface area contributed by atoms with Gasteiger partial charge in [0, 0.05) is 11.1 Å². The van der Waals surface area contributed by atoms with E-state index in [9.17, 15) is 14.4 Å². The maximum atomic E-state index is 12.7. The minimum atomic E-state index is -1.15. The molecule has 0 bridgehead atoms. The first-order chi connectivity index (χ1) is 16.4. The van der Waals surface area contributed by atoms with Crippen LogP contribution in [-0.4, -0.2) is 36.0 Å². The average molecular weight is 462 g/mol. The van der Waals surface area contributed by atoms with Crippen molar-refractivity contribution in [2.75, 3.05) is 18.5 Å². The topological polar surface area (TPSA) is 102 Å². The van der Waals surface area contributed by atoms with Crippen LogP contribution in [0.1, 0.15) is 46.0 Å². The van der Waals surface area contributed by atoms with Gasteiger partial charge in [-0.05, 0) is 74.2 Å². The van der Waals surface area contributed by atoms with E-state index in [1.807, 2.05) is 18.2 Å². The summed E-state index contributed by atoms with van der Waals surface area (Å²) in [6.07, 6.45) is 2.95. The average Bonchev–Trinajstić information content (AvgIpc) is 2.84. The smallest absolute Gasteiger partial charge is 0.341 e. The number of carbonyl (C=O) groups excluding carboxylic acids is 2. The van der Waals surface area contributed by atoms with Gasteiger partial charge >= 0.3 is 5.97 Å². The maximum absolute atomic E-state index is 12.7. The number of rotatable bonds is 12. The van der Waals surface area contributed by atoms with E-state index in [0.717, 1.165) is 19.3 Å². The van der Waals surface area contributed by atoms with E-state index >= 15 is 0 Å². The van der Waals surface area contributed by atoms with Crippen LogP contribution in [0.4, 0.5) is 5.69 Å². The third-order valence-electron chi connectivity index (χ3n) is 5.07. The molecule has 3 aromatic carbocycles. The fourth-order valence-electron chi connectivity index (χ4n) is 3.27. The summed E-state index contributed by atoms with van der Waals surface area (Å²) in [6, 6.07) is 21.5. The number of anilines is 1. The number of ether oxygens (including phenoxy) is 2. The zero-order valence-electron chi connectivity index (χ0n) is 19.0. The lowest BCUT2D eigenvalue weighted by atomic mass is 10.1. The minimum Gasteiger partial charge on any atom is -0.494 e. The van der Waals surface area contributed by atoms with E-state index in [0.29, 0.717) is 23.5 Å². The summed E-state index contributed by atoms with van der Waals surface area (Å²) < 4.78 is 11.0. The Balaban J connectivity index is 1.55. The molecule has 7 nitrogen and oxygen atoms in total. The van der Waals surface area contributed by atoms with Gasteiger partial charge in [0.1, 0.15) is 11.5 Å². The number of carbonyl (C=O) groups is 3. The molecule has 1 amide bonds. The first-order valence-electron chi connectivity index (χ1n) is 11.0. The lowest BCUT2D eigenvalue weighted by molar-refractivity contribution is -0.139. The Morgan fingerprint density at radius 2 is 1.56 bits per heavy atom. The molecule has 176 valence electrons. The zero-order chi connectivity index (χ0) is 24.3. The molecule has 0 heterocycles. The van der Waals surface area contributed by atoms with Crippen LogP contribution in [0, 0.1) is 0 Å². The first-order valence-corrected chi connectivity index (χ1v) is 11.0. The fraction of sp³-hybridized carbons (Fsp3) is 0.222. The predicted molar refractivity (Wildman–Crippen MR) is 129 cm³/mol. The van der Waals surface area contributed by atoms with E-state index in [1.165, 1.54) is 30.7 Å². The lowest BCUT2D eigenvalue weighted by Crippen LogP contribution is -2.15. The lowest BCUT2D eigenvalue weighted by Gasteiger charge is -2.13. The van der Waals surface area contributed by atoms with Gasteiger partial charge in [0.15, 0.2) is 12.4 Å². The third kappa shape index (κ3) is 7.48. The van der Waals surface area contributed by atoms with Crippen LogP contribution < -0.4 is 14.8 Å². The molecule has 0 unspecified atom stereocenters. The summed E-state index contributed by atoms with van der Waals surface area (Å²) in [7, 11) is 0. The van der Waals surface area contributed by atoms with Gasteiger partial charge in [-0.3, -0.25) is 9.59 Å². The summed E-state index contributed by atoms with van der Waals surface area (Å²) in [5.41, 5.74) is 2.28. The summed E-state index contributed by atoms with van der Waals surface area (Å²) in [5, 5.41) is 11.6. The number of Topliss-reactive ketones (excluding diaryl/α,β-unsaturated/α-hetero) is 1. The Bertz CT molecular complexity index is 1130. The molecule has 3 rings (SSSR count). The van der Waals surface area contributed by atoms with Crippen LogP contribution in [0.15, 0.2) is 72.8 Å². The molecule has 0 aliphatic rings. The van der Waals surface area contributed by atoms with Crippen molar-refractivity contribution >= 4 is 23.3 Å². The molecule has 0 aliphatic heterocycles. The van der Waals surface area contributed by atoms with Gasteiger partial charge in [0.05, 0.1) is 12.3 Å². The number of benzene rings is 3. The molecular formula is C27H27NO6. The number of ketones is 1. The van der Waals surface area contributed by atoms with Gasteiger partial charge in [0.2, 0.25) is 0 Å². The molecule has 3 aromatic rings. The highest BCUT2D eigenvalue weighted by molar-refractivity contribution is 6.06. The molecule has 0 fully saturated rings. The van der Waals surface area contributed by atoms with Gasteiger partial charge in [-0.25, -0.2) is 4.79 Å². The normalized spacial score (nSPS) is 10.4.